The fourth-order valence-electron chi connectivity index (χ4n) is 3.25. The van der Waals surface area contributed by atoms with E-state index < -0.39 is 0 Å². The van der Waals surface area contributed by atoms with Crippen LogP contribution in [0.5, 0.6) is 5.88 Å². The van der Waals surface area contributed by atoms with E-state index in [-0.39, 0.29) is 12.0 Å². The number of nitrogens with one attached hydrogen (secondary N) is 1. The summed E-state index contributed by atoms with van der Waals surface area (Å²) in [5.41, 5.74) is 0.627. The number of likely N-dealkylation sites (tertiary alicyclic amines) is 1. The van der Waals surface area contributed by atoms with Gasteiger partial charge in [-0.25, -0.2) is 4.98 Å². The molecule has 23 heavy (non-hydrogen) atoms. The van der Waals surface area contributed by atoms with Crippen molar-refractivity contribution >= 4 is 17.7 Å². The minimum atomic E-state index is -0.0407. The maximum absolute atomic E-state index is 12.4. The molecule has 2 unspecified atom stereocenters. The number of nitrogens with zero attached hydrogens (tertiary/aromatic N) is 2. The minimum Gasteiger partial charge on any atom is -0.473 e. The smallest absolute Gasteiger partial charge is 0.251 e. The van der Waals surface area contributed by atoms with Crippen molar-refractivity contribution in [3.8, 4) is 5.88 Å². The zero-order valence-electron chi connectivity index (χ0n) is 13.7. The van der Waals surface area contributed by atoms with Gasteiger partial charge < -0.3 is 10.1 Å². The number of aromatic nitrogens is 1. The first-order valence-corrected chi connectivity index (χ1v) is 9.64. The van der Waals surface area contributed by atoms with Crippen LogP contribution >= 0.6 is 11.8 Å². The Bertz CT molecular complexity index is 534. The van der Waals surface area contributed by atoms with Gasteiger partial charge in [-0.15, -0.1) is 0 Å². The van der Waals surface area contributed by atoms with Gasteiger partial charge in [-0.1, -0.05) is 6.92 Å². The Morgan fingerprint density at radius 1 is 1.52 bits per heavy atom. The van der Waals surface area contributed by atoms with Crippen molar-refractivity contribution in [1.29, 1.82) is 0 Å². The van der Waals surface area contributed by atoms with E-state index in [1.807, 2.05) is 11.8 Å². The van der Waals surface area contributed by atoms with Crippen LogP contribution in [-0.4, -0.2) is 59.1 Å². The highest BCUT2D eigenvalue weighted by atomic mass is 32.2. The van der Waals surface area contributed by atoms with Crippen LogP contribution < -0.4 is 10.1 Å². The Kier molecular flexibility index (Phi) is 5.78. The average Bonchev–Trinajstić information content (AvgIpc) is 3.24. The molecule has 2 fully saturated rings. The standard InChI is InChI=1S/C17H25N3O2S/c1-2-20-8-3-4-14(20)11-19-17(21)13-5-7-18-16(10-13)22-15-6-9-23-12-15/h5,7,10,14-15H,2-4,6,8-9,11-12H2,1H3,(H,19,21). The second kappa shape index (κ2) is 8.02. The number of likely N-dealkylation sites (N-methyl/N-ethyl adjacent to an activating group) is 1. The molecule has 0 radical (unpaired) electrons. The molecule has 5 nitrogen and oxygen atoms in total. The van der Waals surface area contributed by atoms with Gasteiger partial charge in [0.05, 0.1) is 0 Å². The van der Waals surface area contributed by atoms with Crippen molar-refractivity contribution in [3.05, 3.63) is 23.9 Å². The number of carbonyl (C=O) groups excluding carboxylic acids is 1. The van der Waals surface area contributed by atoms with Crippen molar-refractivity contribution in [2.75, 3.05) is 31.1 Å². The summed E-state index contributed by atoms with van der Waals surface area (Å²) in [6.45, 7) is 5.08. The van der Waals surface area contributed by atoms with E-state index >= 15 is 0 Å². The minimum absolute atomic E-state index is 0.0407. The Morgan fingerprint density at radius 2 is 2.43 bits per heavy atom. The summed E-state index contributed by atoms with van der Waals surface area (Å²) in [6.07, 6.45) is 5.32. The molecule has 0 bridgehead atoms. The molecule has 1 amide bonds. The highest BCUT2D eigenvalue weighted by molar-refractivity contribution is 7.99. The van der Waals surface area contributed by atoms with Crippen LogP contribution in [0.15, 0.2) is 18.3 Å². The van der Waals surface area contributed by atoms with Crippen LogP contribution in [0.4, 0.5) is 0 Å². The molecular weight excluding hydrogens is 310 g/mol. The van der Waals surface area contributed by atoms with Crippen LogP contribution in [0, 0.1) is 0 Å². The zero-order chi connectivity index (χ0) is 16.1. The number of amides is 1. The zero-order valence-corrected chi connectivity index (χ0v) is 14.5. The molecule has 2 aliphatic heterocycles. The topological polar surface area (TPSA) is 54.5 Å². The highest BCUT2D eigenvalue weighted by Crippen LogP contribution is 2.22. The molecule has 0 aliphatic carbocycles. The fourth-order valence-corrected chi connectivity index (χ4v) is 4.34. The Balaban J connectivity index is 1.54. The lowest BCUT2D eigenvalue weighted by atomic mass is 10.2. The first-order valence-electron chi connectivity index (χ1n) is 8.49. The summed E-state index contributed by atoms with van der Waals surface area (Å²) < 4.78 is 5.86. The summed E-state index contributed by atoms with van der Waals surface area (Å²) in [7, 11) is 0. The van der Waals surface area contributed by atoms with Gasteiger partial charge in [0, 0.05) is 36.2 Å². The predicted octanol–water partition coefficient (Wildman–Crippen LogP) is 2.18. The molecule has 3 rings (SSSR count). The van der Waals surface area contributed by atoms with Gasteiger partial charge in [0.15, 0.2) is 0 Å². The van der Waals surface area contributed by atoms with Crippen LogP contribution in [0.1, 0.15) is 36.5 Å². The lowest BCUT2D eigenvalue weighted by molar-refractivity contribution is 0.0940. The predicted molar refractivity (Wildman–Crippen MR) is 93.2 cm³/mol. The molecule has 1 N–H and O–H groups in total. The number of carbonyl (C=O) groups is 1. The molecule has 3 heterocycles. The van der Waals surface area contributed by atoms with Crippen LogP contribution in [-0.2, 0) is 0 Å². The number of ether oxygens (including phenoxy) is 1. The third kappa shape index (κ3) is 4.38. The summed E-state index contributed by atoms with van der Waals surface area (Å²) in [5.74, 6) is 2.66. The van der Waals surface area contributed by atoms with Crippen LogP contribution in [0.3, 0.4) is 0 Å². The Labute approximate surface area is 142 Å². The highest BCUT2D eigenvalue weighted by Gasteiger charge is 2.23. The monoisotopic (exact) mass is 335 g/mol. The first kappa shape index (κ1) is 16.6. The van der Waals surface area contributed by atoms with Crippen molar-refractivity contribution in [2.45, 2.75) is 38.3 Å². The number of rotatable bonds is 6. The number of thioether (sulfide) groups is 1. The molecule has 2 atom stereocenters. The lowest BCUT2D eigenvalue weighted by Crippen LogP contribution is -2.40. The number of hydrogen-bond acceptors (Lipinski definition) is 5. The molecular formula is C17H25N3O2S. The molecule has 1 aromatic heterocycles. The van der Waals surface area contributed by atoms with Gasteiger partial charge in [0.1, 0.15) is 6.10 Å². The van der Waals surface area contributed by atoms with Gasteiger partial charge in [-0.2, -0.15) is 11.8 Å². The molecule has 2 aliphatic rings. The van der Waals surface area contributed by atoms with E-state index in [1.54, 1.807) is 18.3 Å². The lowest BCUT2D eigenvalue weighted by Gasteiger charge is -2.22. The van der Waals surface area contributed by atoms with Crippen molar-refractivity contribution < 1.29 is 9.53 Å². The first-order chi connectivity index (χ1) is 11.3. The van der Waals surface area contributed by atoms with E-state index in [0.717, 1.165) is 37.4 Å². The largest absolute Gasteiger partial charge is 0.473 e. The molecule has 6 heteroatoms. The molecule has 0 saturated carbocycles. The van der Waals surface area contributed by atoms with E-state index in [2.05, 4.69) is 22.1 Å². The van der Waals surface area contributed by atoms with Gasteiger partial charge in [-0.05, 0) is 44.2 Å². The van der Waals surface area contributed by atoms with E-state index in [4.69, 9.17) is 4.74 Å². The summed E-state index contributed by atoms with van der Waals surface area (Å²) in [6, 6.07) is 3.97. The van der Waals surface area contributed by atoms with Gasteiger partial charge in [-0.3, -0.25) is 9.69 Å². The second-order valence-electron chi connectivity index (χ2n) is 6.12. The van der Waals surface area contributed by atoms with Crippen LogP contribution in [0.2, 0.25) is 0 Å². The second-order valence-corrected chi connectivity index (χ2v) is 7.27. The molecule has 2 saturated heterocycles. The van der Waals surface area contributed by atoms with E-state index in [0.29, 0.717) is 24.0 Å². The Hall–Kier alpha value is -1.27. The average molecular weight is 335 g/mol. The van der Waals surface area contributed by atoms with E-state index in [9.17, 15) is 4.79 Å². The van der Waals surface area contributed by atoms with Gasteiger partial charge in [0.2, 0.25) is 5.88 Å². The summed E-state index contributed by atoms with van der Waals surface area (Å²) >= 11 is 1.90. The third-order valence-electron chi connectivity index (χ3n) is 4.58. The number of hydrogen-bond donors (Lipinski definition) is 1. The maximum Gasteiger partial charge on any atom is 0.251 e. The summed E-state index contributed by atoms with van der Waals surface area (Å²) in [5, 5.41) is 3.06. The van der Waals surface area contributed by atoms with E-state index in [1.165, 1.54) is 6.42 Å². The van der Waals surface area contributed by atoms with Crippen molar-refractivity contribution in [1.82, 2.24) is 15.2 Å². The maximum atomic E-state index is 12.4. The molecule has 0 aromatic carbocycles. The third-order valence-corrected chi connectivity index (χ3v) is 5.71. The quantitative estimate of drug-likeness (QED) is 0.863. The SMILES string of the molecule is CCN1CCCC1CNC(=O)c1ccnc(OC2CCSC2)c1. The molecule has 0 spiro atoms. The summed E-state index contributed by atoms with van der Waals surface area (Å²) in [4.78, 5) is 19.0. The fraction of sp³-hybridized carbons (Fsp3) is 0.647. The Morgan fingerprint density at radius 3 is 3.22 bits per heavy atom. The van der Waals surface area contributed by atoms with Gasteiger partial charge in [0.25, 0.3) is 5.91 Å². The van der Waals surface area contributed by atoms with Crippen molar-refractivity contribution in [3.63, 3.8) is 0 Å². The normalized spacial score (nSPS) is 24.7. The van der Waals surface area contributed by atoms with Crippen molar-refractivity contribution in [2.24, 2.45) is 0 Å². The number of pyridine rings is 1. The molecule has 1 aromatic rings. The van der Waals surface area contributed by atoms with Crippen LogP contribution in [0.25, 0.3) is 0 Å². The van der Waals surface area contributed by atoms with Gasteiger partial charge >= 0.3 is 0 Å². The molecule has 126 valence electrons.